The van der Waals surface area contributed by atoms with Crippen LogP contribution in [0.15, 0.2) is 60.9 Å². The number of hydrogen-bond donors (Lipinski definition) is 1. The summed E-state index contributed by atoms with van der Waals surface area (Å²) in [5.74, 6) is -0.103. The van der Waals surface area contributed by atoms with Crippen molar-refractivity contribution in [2.24, 2.45) is 0 Å². The molecule has 1 aromatic heterocycles. The number of nitrogens with zero attached hydrogens (tertiary/aromatic N) is 3. The average Bonchev–Trinajstić information content (AvgIpc) is 3.08. The van der Waals surface area contributed by atoms with Crippen molar-refractivity contribution >= 4 is 5.91 Å². The molecule has 1 N–H and O–H groups in total. The summed E-state index contributed by atoms with van der Waals surface area (Å²) in [5, 5.41) is 7.44. The normalized spacial score (nSPS) is 10.9. The van der Waals surface area contributed by atoms with Crippen molar-refractivity contribution < 1.29 is 4.79 Å². The summed E-state index contributed by atoms with van der Waals surface area (Å²) in [7, 11) is 4.04. The van der Waals surface area contributed by atoms with Crippen LogP contribution < -0.4 is 5.32 Å². The van der Waals surface area contributed by atoms with Crippen molar-refractivity contribution in [1.82, 2.24) is 20.0 Å². The van der Waals surface area contributed by atoms with Crippen molar-refractivity contribution in [1.29, 1.82) is 0 Å². The molecule has 3 rings (SSSR count). The molecule has 1 amide bonds. The molecule has 0 aliphatic heterocycles. The Kier molecular flexibility index (Phi) is 5.49. The third kappa shape index (κ3) is 4.18. The molecule has 5 nitrogen and oxygen atoms in total. The molecule has 2 aromatic carbocycles. The first-order valence-electron chi connectivity index (χ1n) is 8.65. The lowest BCUT2D eigenvalue weighted by molar-refractivity contribution is 0.0950. The van der Waals surface area contributed by atoms with Gasteiger partial charge in [0, 0.05) is 24.8 Å². The number of amides is 1. The number of carbonyl (C=O) groups excluding carboxylic acids is 1. The van der Waals surface area contributed by atoms with Crippen LogP contribution in [0.2, 0.25) is 0 Å². The Morgan fingerprint density at radius 2 is 1.85 bits per heavy atom. The molecule has 0 spiro atoms. The molecular weight excluding hydrogens is 324 g/mol. The lowest BCUT2D eigenvalue weighted by Gasteiger charge is -2.11. The summed E-state index contributed by atoms with van der Waals surface area (Å²) >= 11 is 0. The Bertz CT molecular complexity index is 898. The summed E-state index contributed by atoms with van der Waals surface area (Å²) in [6, 6.07) is 15.6. The molecule has 0 aliphatic rings. The predicted octanol–water partition coefficient (Wildman–Crippen LogP) is 3.17. The number of hydrogen-bond acceptors (Lipinski definition) is 3. The molecule has 0 fully saturated rings. The van der Waals surface area contributed by atoms with E-state index in [4.69, 9.17) is 0 Å². The largest absolute Gasteiger partial charge is 0.348 e. The summed E-state index contributed by atoms with van der Waals surface area (Å²) in [6.07, 6.45) is 3.80. The van der Waals surface area contributed by atoms with E-state index < -0.39 is 0 Å². The second kappa shape index (κ2) is 7.97. The molecule has 0 bridgehead atoms. The van der Waals surface area contributed by atoms with Crippen LogP contribution in [0.5, 0.6) is 0 Å². The van der Waals surface area contributed by atoms with E-state index in [0.29, 0.717) is 12.1 Å². The summed E-state index contributed by atoms with van der Waals surface area (Å²) in [5.41, 5.74) is 4.78. The molecule has 3 aromatic rings. The highest BCUT2D eigenvalue weighted by atomic mass is 16.1. The zero-order valence-electron chi connectivity index (χ0n) is 15.4. The van der Waals surface area contributed by atoms with Gasteiger partial charge in [-0.2, -0.15) is 5.10 Å². The third-order valence-corrected chi connectivity index (χ3v) is 4.23. The van der Waals surface area contributed by atoms with Crippen molar-refractivity contribution in [2.75, 3.05) is 14.1 Å². The van der Waals surface area contributed by atoms with E-state index in [9.17, 15) is 4.79 Å². The third-order valence-electron chi connectivity index (χ3n) is 4.23. The smallest absolute Gasteiger partial charge is 0.253 e. The Morgan fingerprint density at radius 3 is 2.62 bits per heavy atom. The van der Waals surface area contributed by atoms with Gasteiger partial charge in [0.25, 0.3) is 5.91 Å². The van der Waals surface area contributed by atoms with Gasteiger partial charge in [-0.05, 0) is 44.3 Å². The average molecular weight is 348 g/mol. The summed E-state index contributed by atoms with van der Waals surface area (Å²) in [4.78, 5) is 14.8. The molecular formula is C21H24N4O. The molecule has 0 aliphatic carbocycles. The van der Waals surface area contributed by atoms with Gasteiger partial charge < -0.3 is 10.2 Å². The van der Waals surface area contributed by atoms with E-state index in [0.717, 1.165) is 23.4 Å². The Labute approximate surface area is 154 Å². The number of benzene rings is 2. The molecule has 0 atom stereocenters. The molecule has 26 heavy (non-hydrogen) atoms. The van der Waals surface area contributed by atoms with Crippen LogP contribution in [0.4, 0.5) is 0 Å². The Morgan fingerprint density at radius 1 is 1.12 bits per heavy atom. The number of carbonyl (C=O) groups is 1. The fourth-order valence-electron chi connectivity index (χ4n) is 2.88. The zero-order valence-corrected chi connectivity index (χ0v) is 15.4. The highest BCUT2D eigenvalue weighted by Crippen LogP contribution is 2.16. The minimum Gasteiger partial charge on any atom is -0.348 e. The monoisotopic (exact) mass is 348 g/mol. The van der Waals surface area contributed by atoms with Gasteiger partial charge >= 0.3 is 0 Å². The number of aromatic nitrogens is 2. The number of nitrogens with one attached hydrogen (secondary N) is 1. The van der Waals surface area contributed by atoms with Crippen molar-refractivity contribution in [2.45, 2.75) is 20.0 Å². The maximum absolute atomic E-state index is 12.7. The van der Waals surface area contributed by atoms with Gasteiger partial charge in [-0.25, -0.2) is 4.68 Å². The fraction of sp³-hybridized carbons (Fsp3) is 0.238. The standard InChI is InChI=1S/C21H24N4O/c1-16-8-4-5-9-18(16)13-22-21(26)19-10-6-7-11-20(19)25-15-17(12-23-25)14-24(2)3/h4-12,15H,13-14H2,1-3H3,(H,22,26). The molecule has 1 heterocycles. The lowest BCUT2D eigenvalue weighted by Crippen LogP contribution is -2.24. The number of rotatable bonds is 6. The van der Waals surface area contributed by atoms with Crippen LogP contribution in [-0.2, 0) is 13.1 Å². The minimum absolute atomic E-state index is 0.103. The van der Waals surface area contributed by atoms with Gasteiger partial charge in [-0.15, -0.1) is 0 Å². The van der Waals surface area contributed by atoms with Crippen molar-refractivity contribution in [3.63, 3.8) is 0 Å². The maximum Gasteiger partial charge on any atom is 0.253 e. The van der Waals surface area contributed by atoms with Gasteiger partial charge in [0.1, 0.15) is 0 Å². The Hall–Kier alpha value is -2.92. The van der Waals surface area contributed by atoms with Gasteiger partial charge in [0.15, 0.2) is 0 Å². The highest BCUT2D eigenvalue weighted by molar-refractivity contribution is 5.97. The molecule has 134 valence electrons. The first kappa shape index (κ1) is 17.9. The quantitative estimate of drug-likeness (QED) is 0.744. The first-order valence-corrected chi connectivity index (χ1v) is 8.65. The van der Waals surface area contributed by atoms with E-state index >= 15 is 0 Å². The molecule has 0 saturated carbocycles. The Balaban J connectivity index is 1.79. The van der Waals surface area contributed by atoms with Crippen LogP contribution in [0.1, 0.15) is 27.0 Å². The van der Waals surface area contributed by atoms with Crippen LogP contribution in [0, 0.1) is 6.92 Å². The van der Waals surface area contributed by atoms with Crippen LogP contribution >= 0.6 is 0 Å². The van der Waals surface area contributed by atoms with Crippen LogP contribution in [0.3, 0.4) is 0 Å². The summed E-state index contributed by atoms with van der Waals surface area (Å²) in [6.45, 7) is 3.36. The molecule has 0 unspecified atom stereocenters. The van der Waals surface area contributed by atoms with E-state index in [1.165, 1.54) is 5.56 Å². The van der Waals surface area contributed by atoms with Crippen molar-refractivity contribution in [3.8, 4) is 5.69 Å². The first-order chi connectivity index (χ1) is 12.5. The van der Waals surface area contributed by atoms with Crippen molar-refractivity contribution in [3.05, 3.63) is 83.2 Å². The fourth-order valence-corrected chi connectivity index (χ4v) is 2.88. The minimum atomic E-state index is -0.103. The number of para-hydroxylation sites is 1. The molecule has 0 radical (unpaired) electrons. The second-order valence-electron chi connectivity index (χ2n) is 6.66. The number of aryl methyl sites for hydroxylation is 1. The summed E-state index contributed by atoms with van der Waals surface area (Å²) < 4.78 is 1.77. The van der Waals surface area contributed by atoms with E-state index in [-0.39, 0.29) is 5.91 Å². The predicted molar refractivity (Wildman–Crippen MR) is 103 cm³/mol. The lowest BCUT2D eigenvalue weighted by atomic mass is 10.1. The van der Waals surface area contributed by atoms with Crippen LogP contribution in [0.25, 0.3) is 5.69 Å². The second-order valence-corrected chi connectivity index (χ2v) is 6.66. The van der Waals surface area contributed by atoms with E-state index in [1.54, 1.807) is 4.68 Å². The van der Waals surface area contributed by atoms with Crippen LogP contribution in [-0.4, -0.2) is 34.7 Å². The van der Waals surface area contributed by atoms with E-state index in [2.05, 4.69) is 15.3 Å². The van der Waals surface area contributed by atoms with Gasteiger partial charge in [0.2, 0.25) is 0 Å². The topological polar surface area (TPSA) is 50.2 Å². The van der Waals surface area contributed by atoms with Gasteiger partial charge in [-0.3, -0.25) is 4.79 Å². The maximum atomic E-state index is 12.7. The SMILES string of the molecule is Cc1ccccc1CNC(=O)c1ccccc1-n1cc(CN(C)C)cn1. The van der Waals surface area contributed by atoms with Gasteiger partial charge in [0.05, 0.1) is 17.4 Å². The highest BCUT2D eigenvalue weighted by Gasteiger charge is 2.13. The van der Waals surface area contributed by atoms with E-state index in [1.807, 2.05) is 81.9 Å². The van der Waals surface area contributed by atoms with Gasteiger partial charge in [-0.1, -0.05) is 36.4 Å². The molecule has 5 heteroatoms. The zero-order chi connectivity index (χ0) is 18.5. The molecule has 0 saturated heterocycles.